The Morgan fingerprint density at radius 2 is 1.00 bits per heavy atom. The topological polar surface area (TPSA) is 92.2 Å². The molecule has 0 aromatic heterocycles. The normalized spacial score (nSPS) is 9.75. The minimum absolute atomic E-state index is 1.42. The molecule has 0 spiro atoms. The molecule has 0 aromatic carbocycles. The second-order valence-corrected chi connectivity index (χ2v) is 2.48. The van der Waals surface area contributed by atoms with Crippen molar-refractivity contribution in [3.8, 4) is 0 Å². The fourth-order valence-electron chi connectivity index (χ4n) is 0. The molecule has 0 rings (SSSR count). The highest BCUT2D eigenvalue weighted by molar-refractivity contribution is 7.76. The van der Waals surface area contributed by atoms with Gasteiger partial charge in [-0.1, -0.05) is 0 Å². The summed E-state index contributed by atoms with van der Waals surface area (Å²) in [5.41, 5.74) is 0. The maximum Gasteiger partial charge on any atom is 0.0949 e. The van der Waals surface area contributed by atoms with E-state index in [0.29, 0.717) is 0 Å². The molecule has 0 saturated carbocycles. The van der Waals surface area contributed by atoms with E-state index in [9.17, 15) is 0 Å². The van der Waals surface area contributed by atoms with Crippen LogP contribution in [0, 0.1) is 10.2 Å². The standard InChI is InChI=1S/C2H6S.ClHO4/c1-3-2;2-1(3,4)5/h1-2H3;(H,2,3,4,5). The van der Waals surface area contributed by atoms with Crippen LogP contribution in [0.2, 0.25) is 0 Å². The van der Waals surface area contributed by atoms with Gasteiger partial charge in [-0.15, -0.1) is 10.2 Å². The van der Waals surface area contributed by atoms with Gasteiger partial charge in [0.15, 0.2) is 0 Å². The lowest BCUT2D eigenvalue weighted by Gasteiger charge is -2.17. The predicted octanol–water partition coefficient (Wildman–Crippen LogP) is -4.70. The van der Waals surface area contributed by atoms with Gasteiger partial charge in [0.05, 0.1) is 12.5 Å². The maximum atomic E-state index is 8.49. The first kappa shape index (κ1) is 11.3. The van der Waals surface area contributed by atoms with E-state index in [1.807, 2.05) is 0 Å². The van der Waals surface area contributed by atoms with Crippen LogP contribution in [0.15, 0.2) is 0 Å². The van der Waals surface area contributed by atoms with Crippen LogP contribution < -0.4 is 18.6 Å². The summed E-state index contributed by atoms with van der Waals surface area (Å²) < 4.78 is 34.0. The average molecular weight is 163 g/mol. The van der Waals surface area contributed by atoms with Gasteiger partial charge in [0, 0.05) is 0 Å². The molecule has 8 heavy (non-hydrogen) atoms. The van der Waals surface area contributed by atoms with E-state index in [4.69, 9.17) is 18.6 Å². The molecule has 0 fully saturated rings. The van der Waals surface area contributed by atoms with Crippen molar-refractivity contribution in [2.24, 2.45) is 0 Å². The zero-order chi connectivity index (χ0) is 7.21. The third-order valence-electron chi connectivity index (χ3n) is 0. The van der Waals surface area contributed by atoms with Gasteiger partial charge in [-0.2, -0.15) is 0 Å². The first-order valence-corrected chi connectivity index (χ1v) is 4.53. The summed E-state index contributed by atoms with van der Waals surface area (Å²) in [7, 11) is -4.94. The van der Waals surface area contributed by atoms with Gasteiger partial charge in [-0.05, 0) is 11.8 Å². The van der Waals surface area contributed by atoms with Crippen LogP contribution >= 0.6 is 0 Å². The van der Waals surface area contributed by atoms with Crippen LogP contribution in [-0.4, -0.2) is 12.5 Å². The summed E-state index contributed by atoms with van der Waals surface area (Å²) in [4.78, 5) is 0. The number of rotatable bonds is 0. The molecular weight excluding hydrogens is 156 g/mol. The molecule has 0 saturated heterocycles. The average Bonchev–Trinajstić information content (AvgIpc) is 1.27. The molecule has 0 amide bonds. The van der Waals surface area contributed by atoms with E-state index in [2.05, 4.69) is 12.5 Å². The summed E-state index contributed by atoms with van der Waals surface area (Å²) in [5, 5.41) is 0. The van der Waals surface area contributed by atoms with Gasteiger partial charge in [0.1, 0.15) is 0 Å². The van der Waals surface area contributed by atoms with Gasteiger partial charge in [-0.25, -0.2) is 18.6 Å². The van der Waals surface area contributed by atoms with E-state index >= 15 is 0 Å². The van der Waals surface area contributed by atoms with Crippen molar-refractivity contribution in [1.82, 2.24) is 0 Å². The third-order valence-corrected chi connectivity index (χ3v) is 0. The number of thiol groups is 1. The third kappa shape index (κ3) is 845. The van der Waals surface area contributed by atoms with Gasteiger partial charge >= 0.3 is 0 Å². The molecule has 0 radical (unpaired) electrons. The Bertz CT molecular complexity index is 37.8. The molecular formula is C2H7ClO4S. The monoisotopic (exact) mass is 162 g/mol. The first-order valence-electron chi connectivity index (χ1n) is 1.51. The molecule has 0 aliphatic carbocycles. The van der Waals surface area contributed by atoms with Crippen LogP contribution in [0.1, 0.15) is 0 Å². The highest BCUT2D eigenvalue weighted by atomic mass is 35.7. The Morgan fingerprint density at radius 3 is 1.00 bits per heavy atom. The summed E-state index contributed by atoms with van der Waals surface area (Å²) >= 11 is 1.42. The van der Waals surface area contributed by atoms with Gasteiger partial charge in [0.2, 0.25) is 0 Å². The summed E-state index contributed by atoms with van der Waals surface area (Å²) in [6, 6.07) is 0. The molecule has 6 heteroatoms. The molecule has 0 atom stereocenters. The minimum atomic E-state index is -4.94. The second-order valence-electron chi connectivity index (χ2n) is 0.825. The Balaban J connectivity index is 0. The Labute approximate surface area is 53.9 Å². The highest BCUT2D eigenvalue weighted by Crippen LogP contribution is 1.49. The van der Waals surface area contributed by atoms with Crippen molar-refractivity contribution in [2.75, 3.05) is 12.5 Å². The lowest BCUT2D eigenvalue weighted by Crippen LogP contribution is -2.68. The Morgan fingerprint density at radius 1 is 1.00 bits per heavy atom. The van der Waals surface area contributed by atoms with Crippen LogP contribution in [0.25, 0.3) is 0 Å². The zero-order valence-electron chi connectivity index (χ0n) is 4.46. The molecule has 52 valence electrons. The number of hydrogen-bond donors (Lipinski definition) is 0. The van der Waals surface area contributed by atoms with Crippen LogP contribution in [-0.2, 0) is 11.8 Å². The fraction of sp³-hybridized carbons (Fsp3) is 1.00. The molecule has 0 N–H and O–H groups in total. The number of halogens is 1. The van der Waals surface area contributed by atoms with Crippen LogP contribution in [0.4, 0.5) is 0 Å². The van der Waals surface area contributed by atoms with E-state index in [1.54, 1.807) is 0 Å². The molecule has 0 unspecified atom stereocenters. The minimum Gasteiger partial charge on any atom is -0.222 e. The second kappa shape index (κ2) is 5.61. The lowest BCUT2D eigenvalue weighted by atomic mass is 11.9. The van der Waals surface area contributed by atoms with Crippen molar-refractivity contribution in [3.63, 3.8) is 0 Å². The first-order chi connectivity index (χ1) is 3.41. The Hall–Kier alpha value is 0.480. The van der Waals surface area contributed by atoms with Crippen molar-refractivity contribution in [2.45, 2.75) is 0 Å². The van der Waals surface area contributed by atoms with Gasteiger partial charge in [0.25, 0.3) is 0 Å². The SMILES string of the molecule is C[SH+]C.[O-][Cl+3]([O-])([O-])[O-]. The molecule has 0 aliphatic rings. The van der Waals surface area contributed by atoms with Crippen LogP contribution in [0.5, 0.6) is 0 Å². The van der Waals surface area contributed by atoms with Crippen molar-refractivity contribution in [3.05, 3.63) is 0 Å². The largest absolute Gasteiger partial charge is 0.222 e. The Kier molecular flexibility index (Phi) is 7.93. The summed E-state index contributed by atoms with van der Waals surface area (Å²) in [5.74, 6) is 0. The maximum absolute atomic E-state index is 8.49. The van der Waals surface area contributed by atoms with Crippen molar-refractivity contribution < 1.29 is 28.9 Å². The molecule has 0 heterocycles. The zero-order valence-corrected chi connectivity index (χ0v) is 6.11. The van der Waals surface area contributed by atoms with Crippen molar-refractivity contribution in [1.29, 1.82) is 0 Å². The van der Waals surface area contributed by atoms with Crippen LogP contribution in [0.3, 0.4) is 0 Å². The summed E-state index contributed by atoms with van der Waals surface area (Å²) in [6.07, 6.45) is 4.19. The van der Waals surface area contributed by atoms with E-state index in [0.717, 1.165) is 0 Å². The van der Waals surface area contributed by atoms with E-state index in [-0.39, 0.29) is 0 Å². The fourth-order valence-corrected chi connectivity index (χ4v) is 0. The number of hydrogen-bond acceptors (Lipinski definition) is 4. The van der Waals surface area contributed by atoms with Gasteiger partial charge in [-0.3, -0.25) is 0 Å². The predicted molar refractivity (Wildman–Crippen MR) is 20.6 cm³/mol. The van der Waals surface area contributed by atoms with E-state index < -0.39 is 10.2 Å². The smallest absolute Gasteiger partial charge is 0.0949 e. The molecule has 0 aliphatic heterocycles. The lowest BCUT2D eigenvalue weighted by molar-refractivity contribution is -2.00. The van der Waals surface area contributed by atoms with E-state index in [1.165, 1.54) is 11.8 Å². The molecule has 4 nitrogen and oxygen atoms in total. The quantitative estimate of drug-likeness (QED) is 0.264. The van der Waals surface area contributed by atoms with Gasteiger partial charge < -0.3 is 0 Å². The molecule has 0 aromatic rings. The molecule has 0 bridgehead atoms. The van der Waals surface area contributed by atoms with Crippen molar-refractivity contribution >= 4 is 11.8 Å². The highest BCUT2D eigenvalue weighted by Gasteiger charge is 1.84. The summed E-state index contributed by atoms with van der Waals surface area (Å²) in [6.45, 7) is 0.